The fourth-order valence-corrected chi connectivity index (χ4v) is 3.25. The number of hydrogen-bond donors (Lipinski definition) is 0. The van der Waals surface area contributed by atoms with Crippen LogP contribution in [0.4, 0.5) is 5.69 Å². The third-order valence-electron chi connectivity index (χ3n) is 4.56. The predicted molar refractivity (Wildman–Crippen MR) is 108 cm³/mol. The van der Waals surface area contributed by atoms with Gasteiger partial charge in [0.25, 0.3) is 0 Å². The maximum absolute atomic E-state index is 9.31. The van der Waals surface area contributed by atoms with Crippen LogP contribution in [0.25, 0.3) is 21.9 Å². The van der Waals surface area contributed by atoms with Crippen LogP contribution in [0.1, 0.15) is 19.4 Å². The lowest BCUT2D eigenvalue weighted by molar-refractivity contribution is 0.122. The summed E-state index contributed by atoms with van der Waals surface area (Å²) in [6.07, 6.45) is 0. The summed E-state index contributed by atoms with van der Waals surface area (Å²) in [6.45, 7) is 7.47. The first kappa shape index (κ1) is 18.0. The van der Waals surface area contributed by atoms with Gasteiger partial charge in [-0.3, -0.25) is 0 Å². The molecule has 3 aromatic carbocycles. The minimum absolute atomic E-state index is 0.710. The van der Waals surface area contributed by atoms with Crippen molar-refractivity contribution in [3.63, 3.8) is 0 Å². The van der Waals surface area contributed by atoms with Crippen LogP contribution >= 0.6 is 0 Å². The Morgan fingerprint density at radius 3 is 2.35 bits per heavy atom. The van der Waals surface area contributed by atoms with Gasteiger partial charge in [0.15, 0.2) is 0 Å². The Morgan fingerprint density at radius 1 is 0.885 bits per heavy atom. The lowest BCUT2D eigenvalue weighted by Crippen LogP contribution is -2.36. The lowest BCUT2D eigenvalue weighted by Gasteiger charge is -2.29. The zero-order valence-electron chi connectivity index (χ0n) is 15.4. The first-order valence-corrected chi connectivity index (χ1v) is 9.21. The molecule has 0 bridgehead atoms. The Balaban J connectivity index is 0.000000948. The van der Waals surface area contributed by atoms with Crippen LogP contribution in [0, 0.1) is 11.3 Å². The van der Waals surface area contributed by atoms with Crippen LogP contribution in [-0.4, -0.2) is 26.3 Å². The van der Waals surface area contributed by atoms with Crippen LogP contribution in [0.5, 0.6) is 0 Å². The van der Waals surface area contributed by atoms with Crippen molar-refractivity contribution in [1.29, 1.82) is 5.26 Å². The number of nitrogens with zero attached hydrogens (tertiary/aromatic N) is 2. The van der Waals surface area contributed by atoms with Gasteiger partial charge in [-0.2, -0.15) is 5.26 Å². The minimum atomic E-state index is 0.710. The van der Waals surface area contributed by atoms with E-state index in [4.69, 9.17) is 4.74 Å². The predicted octanol–water partition coefficient (Wildman–Crippen LogP) is 5.24. The second-order valence-electron chi connectivity index (χ2n) is 6.00. The maximum Gasteiger partial charge on any atom is 0.0998 e. The molecular weight excluding hydrogens is 320 g/mol. The van der Waals surface area contributed by atoms with Gasteiger partial charge < -0.3 is 9.64 Å². The summed E-state index contributed by atoms with van der Waals surface area (Å²) in [5.41, 5.74) is 4.02. The van der Waals surface area contributed by atoms with E-state index in [1.54, 1.807) is 0 Å². The smallest absolute Gasteiger partial charge is 0.0998 e. The van der Waals surface area contributed by atoms with Crippen molar-refractivity contribution in [1.82, 2.24) is 0 Å². The summed E-state index contributed by atoms with van der Waals surface area (Å²) >= 11 is 0. The van der Waals surface area contributed by atoms with Crippen LogP contribution in [0.15, 0.2) is 60.7 Å². The first-order chi connectivity index (χ1) is 12.8. The average Bonchev–Trinajstić information content (AvgIpc) is 2.75. The van der Waals surface area contributed by atoms with Crippen molar-refractivity contribution < 1.29 is 4.74 Å². The van der Waals surface area contributed by atoms with Gasteiger partial charge in [0.2, 0.25) is 0 Å². The van der Waals surface area contributed by atoms with Gasteiger partial charge in [0.05, 0.1) is 24.8 Å². The minimum Gasteiger partial charge on any atom is -0.378 e. The van der Waals surface area contributed by atoms with Crippen molar-refractivity contribution >= 4 is 16.5 Å². The Labute approximate surface area is 155 Å². The third-order valence-corrected chi connectivity index (χ3v) is 4.56. The Morgan fingerprint density at radius 2 is 1.58 bits per heavy atom. The fourth-order valence-electron chi connectivity index (χ4n) is 3.25. The third kappa shape index (κ3) is 3.71. The topological polar surface area (TPSA) is 36.3 Å². The quantitative estimate of drug-likeness (QED) is 0.638. The molecule has 0 atom stereocenters. The van der Waals surface area contributed by atoms with Gasteiger partial charge in [-0.05, 0) is 46.2 Å². The molecule has 1 aliphatic rings. The standard InChI is InChI=1S/C21H18N2O.C2H6/c22-15-19-3-1-2-4-21(19)18-6-5-17-14-20(8-7-16(17)13-18)23-9-11-24-12-10-23;1-2/h1-8,13-14H,9-12H2;1-2H3. The average molecular weight is 344 g/mol. The Hall–Kier alpha value is -2.83. The molecule has 26 heavy (non-hydrogen) atoms. The molecule has 3 nitrogen and oxygen atoms in total. The molecule has 0 spiro atoms. The van der Waals surface area contributed by atoms with E-state index in [0.717, 1.165) is 37.4 Å². The van der Waals surface area contributed by atoms with Crippen molar-refractivity contribution in [3.05, 3.63) is 66.2 Å². The monoisotopic (exact) mass is 344 g/mol. The van der Waals surface area contributed by atoms with E-state index in [0.29, 0.717) is 5.56 Å². The number of anilines is 1. The molecule has 3 heteroatoms. The maximum atomic E-state index is 9.31. The largest absolute Gasteiger partial charge is 0.378 e. The molecule has 1 saturated heterocycles. The summed E-state index contributed by atoms with van der Waals surface area (Å²) in [4.78, 5) is 2.36. The number of nitriles is 1. The first-order valence-electron chi connectivity index (χ1n) is 9.21. The molecule has 1 aliphatic heterocycles. The highest BCUT2D eigenvalue weighted by atomic mass is 16.5. The summed E-state index contributed by atoms with van der Waals surface area (Å²) in [7, 11) is 0. The fraction of sp³-hybridized carbons (Fsp3) is 0.261. The van der Waals surface area contributed by atoms with Crippen LogP contribution in [0.2, 0.25) is 0 Å². The zero-order chi connectivity index (χ0) is 18.4. The van der Waals surface area contributed by atoms with E-state index in [1.165, 1.54) is 16.5 Å². The van der Waals surface area contributed by atoms with E-state index in [-0.39, 0.29) is 0 Å². The van der Waals surface area contributed by atoms with Crippen molar-refractivity contribution in [2.45, 2.75) is 13.8 Å². The number of rotatable bonds is 2. The van der Waals surface area contributed by atoms with Crippen LogP contribution in [-0.2, 0) is 4.74 Å². The number of benzene rings is 3. The number of hydrogen-bond acceptors (Lipinski definition) is 3. The van der Waals surface area contributed by atoms with Gasteiger partial charge in [-0.1, -0.05) is 50.2 Å². The summed E-state index contributed by atoms with van der Waals surface area (Å²) in [5.74, 6) is 0. The molecule has 0 amide bonds. The Kier molecular flexibility index (Phi) is 5.88. The van der Waals surface area contributed by atoms with Crippen LogP contribution < -0.4 is 4.90 Å². The molecule has 0 radical (unpaired) electrons. The van der Waals surface area contributed by atoms with Crippen molar-refractivity contribution in [2.75, 3.05) is 31.2 Å². The van der Waals surface area contributed by atoms with Gasteiger partial charge in [0, 0.05) is 18.8 Å². The van der Waals surface area contributed by atoms with Gasteiger partial charge in [0.1, 0.15) is 0 Å². The van der Waals surface area contributed by atoms with E-state index < -0.39 is 0 Å². The summed E-state index contributed by atoms with van der Waals surface area (Å²) in [6, 6.07) is 23.0. The molecule has 0 N–H and O–H groups in total. The lowest BCUT2D eigenvalue weighted by atomic mass is 9.97. The van der Waals surface area contributed by atoms with Crippen molar-refractivity contribution in [3.8, 4) is 17.2 Å². The Bertz CT molecular complexity index is 921. The number of morpholine rings is 1. The molecule has 0 saturated carbocycles. The van der Waals surface area contributed by atoms with Gasteiger partial charge in [-0.15, -0.1) is 0 Å². The highest BCUT2D eigenvalue weighted by Gasteiger charge is 2.12. The molecule has 132 valence electrons. The number of fused-ring (bicyclic) bond motifs is 1. The highest BCUT2D eigenvalue weighted by molar-refractivity contribution is 5.90. The van der Waals surface area contributed by atoms with E-state index in [1.807, 2.05) is 38.1 Å². The highest BCUT2D eigenvalue weighted by Crippen LogP contribution is 2.29. The SMILES string of the molecule is CC.N#Cc1ccccc1-c1ccc2cc(N3CCOCC3)ccc2c1. The molecule has 4 rings (SSSR count). The van der Waals surface area contributed by atoms with E-state index in [9.17, 15) is 5.26 Å². The second-order valence-corrected chi connectivity index (χ2v) is 6.00. The second kappa shape index (κ2) is 8.51. The summed E-state index contributed by atoms with van der Waals surface area (Å²) < 4.78 is 5.43. The molecule has 3 aromatic rings. The van der Waals surface area contributed by atoms with E-state index in [2.05, 4.69) is 47.4 Å². The van der Waals surface area contributed by atoms with Crippen molar-refractivity contribution in [2.24, 2.45) is 0 Å². The zero-order valence-corrected chi connectivity index (χ0v) is 15.4. The molecule has 0 aromatic heterocycles. The normalized spacial score (nSPS) is 13.7. The molecule has 0 aliphatic carbocycles. The molecule has 1 heterocycles. The molecule has 0 unspecified atom stereocenters. The number of ether oxygens (including phenoxy) is 1. The van der Waals surface area contributed by atoms with Gasteiger partial charge >= 0.3 is 0 Å². The molecular formula is C23H24N2O. The van der Waals surface area contributed by atoms with Gasteiger partial charge in [-0.25, -0.2) is 0 Å². The van der Waals surface area contributed by atoms with Crippen LogP contribution in [0.3, 0.4) is 0 Å². The summed E-state index contributed by atoms with van der Waals surface area (Å²) in [5, 5.41) is 11.7. The molecule has 1 fully saturated rings. The van der Waals surface area contributed by atoms with E-state index >= 15 is 0 Å².